The molecule has 0 heterocycles. The minimum absolute atomic E-state index is 0.0191. The summed E-state index contributed by atoms with van der Waals surface area (Å²) in [6.07, 6.45) is 0. The lowest BCUT2D eigenvalue weighted by Crippen LogP contribution is -2.16. The Bertz CT molecular complexity index is 875. The summed E-state index contributed by atoms with van der Waals surface area (Å²) in [6, 6.07) is 0. The average molecular weight is 925 g/mol. The van der Waals surface area contributed by atoms with Crippen LogP contribution in [0.1, 0.15) is 0 Å². The number of rotatable bonds is 59. The van der Waals surface area contributed by atoms with Crippen molar-refractivity contribution in [1.29, 1.82) is 5.53 Å². The molecule has 376 valence electrons. The Balaban J connectivity index is 3.07. The molecule has 0 aliphatic carbocycles. The van der Waals surface area contributed by atoms with Crippen molar-refractivity contribution in [2.75, 3.05) is 264 Å². The van der Waals surface area contributed by atoms with Gasteiger partial charge < -0.3 is 95.1 Å². The fraction of sp³-hybridized carbons (Fsp3) is 1.00. The topological polar surface area (TPSA) is 246 Å². The molecule has 0 atom stereocenters. The Hall–Kier alpha value is -1.49. The second kappa shape index (κ2) is 60.5. The van der Waals surface area contributed by atoms with Crippen molar-refractivity contribution >= 4 is 0 Å². The summed E-state index contributed by atoms with van der Waals surface area (Å²) in [5.74, 6) is 0. The van der Waals surface area contributed by atoms with E-state index in [1.165, 1.54) is 0 Å². The second-order valence-corrected chi connectivity index (χ2v) is 12.3. The minimum Gasteiger partial charge on any atom is -0.394 e. The van der Waals surface area contributed by atoms with Crippen molar-refractivity contribution in [3.63, 3.8) is 0 Å². The first-order valence-electron chi connectivity index (χ1n) is 22.0. The normalized spacial score (nSPS) is 11.5. The molecule has 0 saturated heterocycles. The minimum atomic E-state index is 0.0191. The van der Waals surface area contributed by atoms with E-state index in [9.17, 15) is 0 Å². The van der Waals surface area contributed by atoms with Gasteiger partial charge in [-0.1, -0.05) is 0 Å². The zero-order chi connectivity index (χ0) is 45.1. The summed E-state index contributed by atoms with van der Waals surface area (Å²) >= 11 is 0. The molecular formula is C40H82N3O20+. The number of aliphatic hydroxyl groups excluding tert-OH is 1. The van der Waals surface area contributed by atoms with Crippen LogP contribution in [0.5, 0.6) is 0 Å². The van der Waals surface area contributed by atoms with E-state index in [0.29, 0.717) is 258 Å². The van der Waals surface area contributed by atoms with Crippen LogP contribution in [0.4, 0.5) is 0 Å². The second-order valence-electron chi connectivity index (χ2n) is 12.3. The van der Waals surface area contributed by atoms with Gasteiger partial charge in [0.1, 0.15) is 17.2 Å². The highest BCUT2D eigenvalue weighted by atomic mass is 16.6. The summed E-state index contributed by atoms with van der Waals surface area (Å²) < 4.78 is 103. The van der Waals surface area contributed by atoms with Gasteiger partial charge in [-0.05, 0) is 0 Å². The SMILES string of the molecule is N=[N+]=NCCOCCOCCOCCOCCOCCOCCOCCOCCOCCOCCOCCOCCOCCOCCOCCOCCOCCOCCOCCO. The molecule has 0 rings (SSSR count). The fourth-order valence-electron chi connectivity index (χ4n) is 4.28. The van der Waals surface area contributed by atoms with Gasteiger partial charge in [0, 0.05) is 0 Å². The van der Waals surface area contributed by atoms with Gasteiger partial charge in [0.05, 0.1) is 258 Å². The lowest BCUT2D eigenvalue weighted by molar-refractivity contribution is -0.0312. The van der Waals surface area contributed by atoms with Crippen molar-refractivity contribution in [3.8, 4) is 0 Å². The third-order valence-electron chi connectivity index (χ3n) is 7.34. The average Bonchev–Trinajstić information content (AvgIpc) is 3.29. The molecule has 0 aliphatic heterocycles. The van der Waals surface area contributed by atoms with Crippen LogP contribution in [0.25, 0.3) is 0 Å². The van der Waals surface area contributed by atoms with E-state index in [1.54, 1.807) is 0 Å². The van der Waals surface area contributed by atoms with Crippen molar-refractivity contribution in [1.82, 2.24) is 4.91 Å². The van der Waals surface area contributed by atoms with Crippen LogP contribution in [0.3, 0.4) is 0 Å². The molecule has 0 radical (unpaired) electrons. The number of ether oxygens (including phenoxy) is 19. The van der Waals surface area contributed by atoms with E-state index in [1.807, 2.05) is 0 Å². The van der Waals surface area contributed by atoms with E-state index >= 15 is 0 Å². The van der Waals surface area contributed by atoms with Crippen molar-refractivity contribution in [2.45, 2.75) is 0 Å². The van der Waals surface area contributed by atoms with Crippen molar-refractivity contribution in [2.24, 2.45) is 5.11 Å². The third-order valence-corrected chi connectivity index (χ3v) is 7.34. The molecule has 0 unspecified atom stereocenters. The molecule has 2 N–H and O–H groups in total. The molecule has 0 aromatic heterocycles. The molecular weight excluding hydrogens is 842 g/mol. The Labute approximate surface area is 374 Å². The number of hydrogen-bond acceptors (Lipinski definition) is 22. The molecule has 0 aromatic rings. The molecule has 63 heavy (non-hydrogen) atoms. The van der Waals surface area contributed by atoms with Crippen LogP contribution in [0.2, 0.25) is 0 Å². The first kappa shape index (κ1) is 61.5. The van der Waals surface area contributed by atoms with Gasteiger partial charge in [0.25, 0.3) is 0 Å². The molecule has 23 heteroatoms. The van der Waals surface area contributed by atoms with Gasteiger partial charge in [-0.25, -0.2) is 0 Å². The molecule has 0 fully saturated rings. The van der Waals surface area contributed by atoms with Crippen LogP contribution in [0.15, 0.2) is 5.11 Å². The van der Waals surface area contributed by atoms with E-state index in [4.69, 9.17) is 101 Å². The number of nitrogens with one attached hydrogen (secondary N) is 1. The van der Waals surface area contributed by atoms with Gasteiger partial charge >= 0.3 is 0 Å². The maximum atomic E-state index is 8.60. The Morgan fingerprint density at radius 3 is 0.476 bits per heavy atom. The van der Waals surface area contributed by atoms with Crippen LogP contribution in [-0.4, -0.2) is 269 Å². The maximum Gasteiger partial charge on any atom is 0.214 e. The standard InChI is InChI=1S/C40H82N3O20/c41-43-42-1-3-45-5-7-47-9-11-49-13-15-51-17-19-53-21-23-55-25-27-57-29-31-59-33-35-61-37-39-63-40-38-62-36-34-60-32-30-58-28-26-56-24-22-54-20-18-52-16-14-50-12-10-48-8-6-46-4-2-44/h41,44H,1-40H2/q+1. The largest absolute Gasteiger partial charge is 0.394 e. The maximum absolute atomic E-state index is 8.60. The van der Waals surface area contributed by atoms with Crippen LogP contribution < -0.4 is 4.91 Å². The van der Waals surface area contributed by atoms with E-state index in [0.717, 1.165) is 0 Å². The van der Waals surface area contributed by atoms with Gasteiger partial charge in [0.15, 0.2) is 0 Å². The lowest BCUT2D eigenvalue weighted by atomic mass is 10.6. The Morgan fingerprint density at radius 1 is 0.222 bits per heavy atom. The van der Waals surface area contributed by atoms with Crippen LogP contribution in [-0.2, 0) is 90.0 Å². The smallest absolute Gasteiger partial charge is 0.214 e. The Morgan fingerprint density at radius 2 is 0.349 bits per heavy atom. The number of nitrogens with zero attached hydrogens (tertiary/aromatic N) is 2. The van der Waals surface area contributed by atoms with E-state index in [2.05, 4.69) is 10.0 Å². The summed E-state index contributed by atoms with van der Waals surface area (Å²) in [5, 5.41) is 12.1. The number of aliphatic hydroxyl groups is 1. The molecule has 0 bridgehead atoms. The molecule has 0 aromatic carbocycles. The van der Waals surface area contributed by atoms with E-state index in [-0.39, 0.29) is 6.61 Å². The third kappa shape index (κ3) is 60.5. The molecule has 0 saturated carbocycles. The molecule has 0 spiro atoms. The highest BCUT2D eigenvalue weighted by Gasteiger charge is 1.99. The molecule has 23 nitrogen and oxygen atoms in total. The van der Waals surface area contributed by atoms with Crippen molar-refractivity contribution < 1.29 is 95.1 Å². The fourth-order valence-corrected chi connectivity index (χ4v) is 4.28. The highest BCUT2D eigenvalue weighted by molar-refractivity contribution is 4.42. The van der Waals surface area contributed by atoms with Gasteiger partial charge in [0.2, 0.25) is 4.91 Å². The lowest BCUT2D eigenvalue weighted by Gasteiger charge is -2.09. The first-order valence-corrected chi connectivity index (χ1v) is 22.0. The van der Waals surface area contributed by atoms with Gasteiger partial charge in [-0.3, -0.25) is 0 Å². The van der Waals surface area contributed by atoms with Gasteiger partial charge in [-0.15, -0.1) is 0 Å². The summed E-state index contributed by atoms with van der Waals surface area (Å²) in [4.78, 5) is 2.90. The summed E-state index contributed by atoms with van der Waals surface area (Å²) in [7, 11) is 0. The zero-order valence-electron chi connectivity index (χ0n) is 37.9. The zero-order valence-corrected chi connectivity index (χ0v) is 37.9. The molecule has 0 amide bonds. The summed E-state index contributed by atoms with van der Waals surface area (Å²) in [6.45, 7) is 18.8. The summed E-state index contributed by atoms with van der Waals surface area (Å²) in [5.41, 5.74) is 6.53. The van der Waals surface area contributed by atoms with E-state index < -0.39 is 0 Å². The predicted molar refractivity (Wildman–Crippen MR) is 225 cm³/mol. The van der Waals surface area contributed by atoms with Crippen LogP contribution in [0, 0.1) is 5.53 Å². The predicted octanol–water partition coefficient (Wildman–Crippen LogP) is -0.156. The molecule has 0 aliphatic rings. The van der Waals surface area contributed by atoms with Crippen LogP contribution >= 0.6 is 0 Å². The highest BCUT2D eigenvalue weighted by Crippen LogP contribution is 1.89. The van der Waals surface area contributed by atoms with Gasteiger partial charge in [-0.2, -0.15) is 0 Å². The number of hydrogen-bond donors (Lipinski definition) is 2. The first-order chi connectivity index (χ1) is 31.4. The monoisotopic (exact) mass is 925 g/mol. The quantitative estimate of drug-likeness (QED) is 0.0457. The Kier molecular flexibility index (Phi) is 59.1. The van der Waals surface area contributed by atoms with Crippen molar-refractivity contribution in [3.05, 3.63) is 0 Å².